The Labute approximate surface area is 151 Å². The third-order valence-electron chi connectivity index (χ3n) is 6.17. The first-order valence-corrected chi connectivity index (χ1v) is 9.36. The van der Waals surface area contributed by atoms with Crippen LogP contribution in [0, 0.1) is 5.92 Å². The largest absolute Gasteiger partial charge is 0.416 e. The number of fused-ring (bicyclic) bond motifs is 3. The summed E-state index contributed by atoms with van der Waals surface area (Å²) in [5, 5.41) is 10.3. The highest BCUT2D eigenvalue weighted by atomic mass is 19.4. The summed E-state index contributed by atoms with van der Waals surface area (Å²) in [6.07, 6.45) is -0.770. The Morgan fingerprint density at radius 3 is 2.42 bits per heavy atom. The van der Waals surface area contributed by atoms with Crippen molar-refractivity contribution in [2.45, 2.75) is 56.2 Å². The Bertz CT molecular complexity index is 769. The zero-order valence-electron chi connectivity index (χ0n) is 14.5. The van der Waals surface area contributed by atoms with Crippen LogP contribution < -0.4 is 0 Å². The molecule has 26 heavy (non-hydrogen) atoms. The maximum absolute atomic E-state index is 13.3. The standard InChI is InChI=1S/C22H23F3O/c23-22(24,25)16-10-9-15-7-4-8-18(14-5-2-1-3-6-14)20-12-17(26)13-21(20)19(15)11-16/h1-3,5-6,9-11,17-18,20-21,26H,4,7-8,12-13H2/t17-,18-,20+,21-/m1/s1. The molecule has 1 nitrogen and oxygen atoms in total. The summed E-state index contributed by atoms with van der Waals surface area (Å²) < 4.78 is 39.8. The van der Waals surface area contributed by atoms with Gasteiger partial charge in [-0.1, -0.05) is 36.4 Å². The summed E-state index contributed by atoms with van der Waals surface area (Å²) in [7, 11) is 0. The molecule has 0 saturated heterocycles. The third-order valence-corrected chi connectivity index (χ3v) is 6.17. The van der Waals surface area contributed by atoms with E-state index in [2.05, 4.69) is 12.1 Å². The normalized spacial score (nSPS) is 28.8. The van der Waals surface area contributed by atoms with Crippen LogP contribution in [0.1, 0.15) is 59.8 Å². The average molecular weight is 360 g/mol. The van der Waals surface area contributed by atoms with Gasteiger partial charge in [0.25, 0.3) is 0 Å². The number of hydrogen-bond acceptors (Lipinski definition) is 1. The van der Waals surface area contributed by atoms with Crippen molar-refractivity contribution in [3.8, 4) is 0 Å². The van der Waals surface area contributed by atoms with Crippen LogP contribution in [0.4, 0.5) is 13.2 Å². The van der Waals surface area contributed by atoms with Crippen molar-refractivity contribution in [2.75, 3.05) is 0 Å². The molecular formula is C22H23F3O. The molecule has 1 fully saturated rings. The highest BCUT2D eigenvalue weighted by Gasteiger charge is 2.42. The molecule has 2 aliphatic rings. The first kappa shape index (κ1) is 17.6. The molecule has 138 valence electrons. The number of aliphatic hydroxyl groups is 1. The molecule has 0 amide bonds. The zero-order chi connectivity index (χ0) is 18.3. The topological polar surface area (TPSA) is 20.2 Å². The van der Waals surface area contributed by atoms with Gasteiger partial charge in [0, 0.05) is 0 Å². The Kier molecular flexibility index (Phi) is 4.55. The van der Waals surface area contributed by atoms with Crippen LogP contribution in [0.25, 0.3) is 0 Å². The van der Waals surface area contributed by atoms with Crippen LogP contribution in [0.5, 0.6) is 0 Å². The van der Waals surface area contributed by atoms with Crippen LogP contribution >= 0.6 is 0 Å². The minimum Gasteiger partial charge on any atom is -0.393 e. The summed E-state index contributed by atoms with van der Waals surface area (Å²) in [5.74, 6) is 0.476. The summed E-state index contributed by atoms with van der Waals surface area (Å²) in [5.41, 5.74) is 2.50. The number of hydrogen-bond donors (Lipinski definition) is 1. The zero-order valence-corrected chi connectivity index (χ0v) is 14.5. The lowest BCUT2D eigenvalue weighted by Crippen LogP contribution is -2.21. The third kappa shape index (κ3) is 3.27. The van der Waals surface area contributed by atoms with Crippen molar-refractivity contribution in [1.82, 2.24) is 0 Å². The van der Waals surface area contributed by atoms with Gasteiger partial charge in [-0.25, -0.2) is 0 Å². The van der Waals surface area contributed by atoms with Crippen molar-refractivity contribution in [3.63, 3.8) is 0 Å². The highest BCUT2D eigenvalue weighted by molar-refractivity contribution is 5.39. The van der Waals surface area contributed by atoms with Crippen molar-refractivity contribution < 1.29 is 18.3 Å². The molecule has 1 saturated carbocycles. The van der Waals surface area contributed by atoms with E-state index in [1.165, 1.54) is 17.7 Å². The number of aryl methyl sites for hydroxylation is 1. The molecule has 0 unspecified atom stereocenters. The van der Waals surface area contributed by atoms with Crippen LogP contribution in [-0.4, -0.2) is 11.2 Å². The number of halogens is 3. The predicted molar refractivity (Wildman–Crippen MR) is 95.0 cm³/mol. The summed E-state index contributed by atoms with van der Waals surface area (Å²) >= 11 is 0. The van der Waals surface area contributed by atoms with Gasteiger partial charge >= 0.3 is 6.18 Å². The molecule has 1 N–H and O–H groups in total. The smallest absolute Gasteiger partial charge is 0.393 e. The Morgan fingerprint density at radius 1 is 0.923 bits per heavy atom. The molecule has 4 heteroatoms. The second kappa shape index (κ2) is 6.73. The molecule has 0 heterocycles. The molecule has 0 spiro atoms. The minimum absolute atomic E-state index is 0.00666. The summed E-state index contributed by atoms with van der Waals surface area (Å²) in [6.45, 7) is 0. The van der Waals surface area contributed by atoms with Crippen LogP contribution in [0.2, 0.25) is 0 Å². The molecular weight excluding hydrogens is 337 g/mol. The van der Waals surface area contributed by atoms with Gasteiger partial charge in [-0.2, -0.15) is 13.2 Å². The number of aliphatic hydroxyl groups excluding tert-OH is 1. The second-order valence-corrected chi connectivity index (χ2v) is 7.72. The first-order valence-electron chi connectivity index (χ1n) is 9.36. The molecule has 0 aromatic heterocycles. The lowest BCUT2D eigenvalue weighted by molar-refractivity contribution is -0.137. The Balaban J connectivity index is 1.78. The van der Waals surface area contributed by atoms with Gasteiger partial charge in [0.1, 0.15) is 0 Å². The lowest BCUT2D eigenvalue weighted by atomic mass is 9.71. The fourth-order valence-corrected chi connectivity index (χ4v) is 5.03. The monoisotopic (exact) mass is 360 g/mol. The molecule has 0 radical (unpaired) electrons. The van der Waals surface area contributed by atoms with Crippen molar-refractivity contribution in [3.05, 3.63) is 70.8 Å². The Morgan fingerprint density at radius 2 is 1.69 bits per heavy atom. The SMILES string of the molecule is O[C@@H]1C[C@H]2[C@@H](c3ccccc3)CCCc3ccc(C(F)(F)F)cc3[C@H]2C1. The minimum atomic E-state index is -4.33. The fraction of sp³-hybridized carbons (Fsp3) is 0.455. The van der Waals surface area contributed by atoms with Gasteiger partial charge in [0.05, 0.1) is 11.7 Å². The van der Waals surface area contributed by atoms with Gasteiger partial charge in [0.15, 0.2) is 0 Å². The molecule has 4 rings (SSSR count). The number of benzene rings is 2. The van der Waals surface area contributed by atoms with E-state index in [9.17, 15) is 18.3 Å². The van der Waals surface area contributed by atoms with E-state index in [1.807, 2.05) is 18.2 Å². The Hall–Kier alpha value is -1.81. The van der Waals surface area contributed by atoms with E-state index in [4.69, 9.17) is 0 Å². The average Bonchev–Trinajstić information content (AvgIpc) is 2.98. The van der Waals surface area contributed by atoms with Gasteiger partial charge in [-0.3, -0.25) is 0 Å². The molecule has 0 bridgehead atoms. The summed E-state index contributed by atoms with van der Waals surface area (Å²) in [4.78, 5) is 0. The maximum Gasteiger partial charge on any atom is 0.416 e. The quantitative estimate of drug-likeness (QED) is 0.694. The van der Waals surface area contributed by atoms with Crippen LogP contribution in [0.15, 0.2) is 48.5 Å². The molecule has 2 aliphatic carbocycles. The van der Waals surface area contributed by atoms with Gasteiger partial charge in [-0.05, 0) is 78.7 Å². The summed E-state index contributed by atoms with van der Waals surface area (Å²) in [6, 6.07) is 14.4. The molecule has 2 aromatic carbocycles. The van der Waals surface area contributed by atoms with E-state index in [0.29, 0.717) is 18.8 Å². The van der Waals surface area contributed by atoms with Gasteiger partial charge < -0.3 is 5.11 Å². The predicted octanol–water partition coefficient (Wildman–Crippen LogP) is 5.68. The van der Waals surface area contributed by atoms with Gasteiger partial charge in [0.2, 0.25) is 0 Å². The van der Waals surface area contributed by atoms with Crippen LogP contribution in [-0.2, 0) is 12.6 Å². The molecule has 4 atom stereocenters. The van der Waals surface area contributed by atoms with E-state index in [1.54, 1.807) is 6.07 Å². The maximum atomic E-state index is 13.3. The first-order chi connectivity index (χ1) is 12.4. The van der Waals surface area contributed by atoms with Crippen molar-refractivity contribution >= 4 is 0 Å². The highest BCUT2D eigenvalue weighted by Crippen LogP contribution is 2.51. The second-order valence-electron chi connectivity index (χ2n) is 7.72. The molecule has 2 aromatic rings. The van der Waals surface area contributed by atoms with E-state index in [-0.39, 0.29) is 11.8 Å². The van der Waals surface area contributed by atoms with Crippen molar-refractivity contribution in [1.29, 1.82) is 0 Å². The number of alkyl halides is 3. The van der Waals surface area contributed by atoms with E-state index in [0.717, 1.165) is 30.4 Å². The van der Waals surface area contributed by atoms with Crippen molar-refractivity contribution in [2.24, 2.45) is 5.92 Å². The fourth-order valence-electron chi connectivity index (χ4n) is 5.03. The van der Waals surface area contributed by atoms with Crippen LogP contribution in [0.3, 0.4) is 0 Å². The molecule has 0 aliphatic heterocycles. The lowest BCUT2D eigenvalue weighted by Gasteiger charge is -2.33. The number of rotatable bonds is 1. The van der Waals surface area contributed by atoms with Gasteiger partial charge in [-0.15, -0.1) is 0 Å². The van der Waals surface area contributed by atoms with E-state index >= 15 is 0 Å². The van der Waals surface area contributed by atoms with E-state index < -0.39 is 17.8 Å².